The molecule has 0 bridgehead atoms. The van der Waals surface area contributed by atoms with Crippen LogP contribution in [0.4, 0.5) is 4.79 Å². The van der Waals surface area contributed by atoms with Gasteiger partial charge in [-0.15, -0.1) is 0 Å². The third-order valence-electron chi connectivity index (χ3n) is 1.83. The van der Waals surface area contributed by atoms with E-state index in [1.54, 1.807) is 0 Å². The summed E-state index contributed by atoms with van der Waals surface area (Å²) in [5.41, 5.74) is 0. The van der Waals surface area contributed by atoms with Crippen LogP contribution in [0.2, 0.25) is 0 Å². The summed E-state index contributed by atoms with van der Waals surface area (Å²) in [6.45, 7) is 1.39. The smallest absolute Gasteiger partial charge is 0.326 e. The minimum atomic E-state index is -0.537. The van der Waals surface area contributed by atoms with E-state index in [2.05, 4.69) is 5.32 Å². The molecule has 68 valence electrons. The van der Waals surface area contributed by atoms with Crippen LogP contribution in [0.15, 0.2) is 0 Å². The molecule has 0 aliphatic carbocycles. The molecule has 0 aromatic carbocycles. The van der Waals surface area contributed by atoms with Gasteiger partial charge in [-0.2, -0.15) is 0 Å². The molecule has 12 heavy (non-hydrogen) atoms. The quantitative estimate of drug-likeness (QED) is 0.572. The number of nitrogens with one attached hydrogen (secondary N) is 1. The number of rotatable bonds is 3. The number of imide groups is 1. The second-order valence-electron chi connectivity index (χ2n) is 2.70. The zero-order valence-electron chi connectivity index (χ0n) is 6.91. The van der Waals surface area contributed by atoms with Crippen LogP contribution in [-0.4, -0.2) is 34.7 Å². The lowest BCUT2D eigenvalue weighted by Crippen LogP contribution is -2.32. The highest BCUT2D eigenvalue weighted by molar-refractivity contribution is 6.03. The van der Waals surface area contributed by atoms with E-state index in [-0.39, 0.29) is 5.91 Å². The van der Waals surface area contributed by atoms with Crippen molar-refractivity contribution in [1.82, 2.24) is 10.2 Å². The summed E-state index contributed by atoms with van der Waals surface area (Å²) >= 11 is 0. The number of nitrogens with zero attached hydrogens (tertiary/aromatic N) is 1. The van der Waals surface area contributed by atoms with Gasteiger partial charge in [-0.1, -0.05) is 13.3 Å². The van der Waals surface area contributed by atoms with Gasteiger partial charge in [0.05, 0.1) is 0 Å². The Morgan fingerprint density at radius 1 is 1.58 bits per heavy atom. The predicted octanol–water partition coefficient (Wildman–Crippen LogP) is -0.343. The van der Waals surface area contributed by atoms with Gasteiger partial charge in [-0.3, -0.25) is 4.79 Å². The monoisotopic (exact) mass is 172 g/mol. The molecule has 0 radical (unpaired) electrons. The highest BCUT2D eigenvalue weighted by Crippen LogP contribution is 2.09. The molecule has 0 aromatic heterocycles. The Balaban J connectivity index is 2.62. The Kier molecular flexibility index (Phi) is 2.65. The molecular weight excluding hydrogens is 160 g/mol. The van der Waals surface area contributed by atoms with Crippen molar-refractivity contribution in [3.8, 4) is 0 Å². The molecule has 5 heteroatoms. The molecule has 0 aromatic rings. The van der Waals surface area contributed by atoms with Crippen molar-refractivity contribution in [2.24, 2.45) is 0 Å². The standard InChI is InChI=1S/C7H12N2O3/c1-2-3-5-6(11)9(4-10)7(12)8-5/h5,10H,2-4H2,1H3,(H,8,12)/t5-/m1/s1. The number of aliphatic hydroxyl groups is 1. The number of amides is 3. The average molecular weight is 172 g/mol. The number of hydrogen-bond acceptors (Lipinski definition) is 3. The van der Waals surface area contributed by atoms with Gasteiger partial charge in [-0.25, -0.2) is 9.69 Å². The van der Waals surface area contributed by atoms with Crippen molar-refractivity contribution in [3.63, 3.8) is 0 Å². The van der Waals surface area contributed by atoms with E-state index in [0.717, 1.165) is 11.3 Å². The van der Waals surface area contributed by atoms with Gasteiger partial charge in [0, 0.05) is 0 Å². The van der Waals surface area contributed by atoms with Crippen molar-refractivity contribution < 1.29 is 14.7 Å². The first-order valence-electron chi connectivity index (χ1n) is 3.93. The average Bonchev–Trinajstić information content (AvgIpc) is 2.29. The second kappa shape index (κ2) is 3.53. The number of aliphatic hydroxyl groups excluding tert-OH is 1. The minimum Gasteiger partial charge on any atom is -0.376 e. The van der Waals surface area contributed by atoms with Crippen molar-refractivity contribution in [2.45, 2.75) is 25.8 Å². The van der Waals surface area contributed by atoms with Gasteiger partial charge in [0.15, 0.2) is 0 Å². The van der Waals surface area contributed by atoms with Gasteiger partial charge in [0.2, 0.25) is 0 Å². The number of urea groups is 1. The minimum absolute atomic E-state index is 0.329. The van der Waals surface area contributed by atoms with Crippen LogP contribution in [0, 0.1) is 0 Å². The van der Waals surface area contributed by atoms with E-state index in [0.29, 0.717) is 6.42 Å². The molecule has 1 aliphatic heterocycles. The maximum absolute atomic E-state index is 11.2. The Labute approximate surface area is 70.4 Å². The summed E-state index contributed by atoms with van der Waals surface area (Å²) in [5.74, 6) is -0.329. The molecule has 1 aliphatic rings. The number of hydrogen-bond donors (Lipinski definition) is 2. The normalized spacial score (nSPS) is 23.2. The third-order valence-corrected chi connectivity index (χ3v) is 1.83. The molecule has 0 unspecified atom stereocenters. The predicted molar refractivity (Wildman–Crippen MR) is 41.2 cm³/mol. The fraction of sp³-hybridized carbons (Fsp3) is 0.714. The zero-order chi connectivity index (χ0) is 9.14. The number of carbonyl (C=O) groups is 2. The summed E-state index contributed by atoms with van der Waals surface area (Å²) in [6.07, 6.45) is 1.46. The lowest BCUT2D eigenvalue weighted by molar-refractivity contribution is -0.130. The molecule has 1 heterocycles. The fourth-order valence-electron chi connectivity index (χ4n) is 1.20. The van der Waals surface area contributed by atoms with E-state index in [4.69, 9.17) is 5.11 Å². The first-order chi connectivity index (χ1) is 5.70. The summed E-state index contributed by atoms with van der Waals surface area (Å²) in [4.78, 5) is 23.0. The second-order valence-corrected chi connectivity index (χ2v) is 2.70. The molecular formula is C7H12N2O3. The molecule has 5 nitrogen and oxygen atoms in total. The van der Waals surface area contributed by atoms with Crippen LogP contribution in [0.25, 0.3) is 0 Å². The van der Waals surface area contributed by atoms with Crippen molar-refractivity contribution in [3.05, 3.63) is 0 Å². The zero-order valence-corrected chi connectivity index (χ0v) is 6.91. The Morgan fingerprint density at radius 2 is 2.25 bits per heavy atom. The molecule has 1 rings (SSSR count). The fourth-order valence-corrected chi connectivity index (χ4v) is 1.20. The SMILES string of the molecule is CCC[C@H]1NC(=O)N(CO)C1=O. The molecule has 0 spiro atoms. The first kappa shape index (κ1) is 8.99. The van der Waals surface area contributed by atoms with Gasteiger partial charge in [0.25, 0.3) is 5.91 Å². The van der Waals surface area contributed by atoms with E-state index >= 15 is 0 Å². The molecule has 2 N–H and O–H groups in total. The molecule has 1 fully saturated rings. The van der Waals surface area contributed by atoms with E-state index in [1.807, 2.05) is 6.92 Å². The Bertz CT molecular complexity index is 205. The third kappa shape index (κ3) is 1.40. The molecule has 1 atom stereocenters. The summed E-state index contributed by atoms with van der Waals surface area (Å²) in [5, 5.41) is 11.1. The molecule has 1 saturated heterocycles. The summed E-state index contributed by atoms with van der Waals surface area (Å²) < 4.78 is 0. The van der Waals surface area contributed by atoms with Gasteiger partial charge < -0.3 is 10.4 Å². The Morgan fingerprint density at radius 3 is 2.67 bits per heavy atom. The van der Waals surface area contributed by atoms with Gasteiger partial charge in [0.1, 0.15) is 12.8 Å². The highest BCUT2D eigenvalue weighted by Gasteiger charge is 2.36. The van der Waals surface area contributed by atoms with E-state index in [1.165, 1.54) is 0 Å². The van der Waals surface area contributed by atoms with Crippen molar-refractivity contribution in [2.75, 3.05) is 6.73 Å². The summed E-state index contributed by atoms with van der Waals surface area (Å²) in [7, 11) is 0. The lowest BCUT2D eigenvalue weighted by Gasteiger charge is -2.07. The lowest BCUT2D eigenvalue weighted by atomic mass is 10.2. The van der Waals surface area contributed by atoms with Gasteiger partial charge >= 0.3 is 6.03 Å². The Hall–Kier alpha value is -1.10. The van der Waals surface area contributed by atoms with Crippen LogP contribution >= 0.6 is 0 Å². The maximum Gasteiger partial charge on any atom is 0.326 e. The molecule has 3 amide bonds. The molecule has 0 saturated carbocycles. The summed E-state index contributed by atoms with van der Waals surface area (Å²) in [6, 6.07) is -0.935. The van der Waals surface area contributed by atoms with Crippen LogP contribution in [0.3, 0.4) is 0 Å². The maximum atomic E-state index is 11.2. The number of carbonyl (C=O) groups excluding carboxylic acids is 2. The largest absolute Gasteiger partial charge is 0.376 e. The van der Waals surface area contributed by atoms with Crippen LogP contribution in [-0.2, 0) is 4.79 Å². The van der Waals surface area contributed by atoms with Crippen LogP contribution in [0.1, 0.15) is 19.8 Å². The highest BCUT2D eigenvalue weighted by atomic mass is 16.3. The first-order valence-corrected chi connectivity index (χ1v) is 3.93. The van der Waals surface area contributed by atoms with Crippen LogP contribution < -0.4 is 5.32 Å². The van der Waals surface area contributed by atoms with Gasteiger partial charge in [-0.05, 0) is 6.42 Å². The van der Waals surface area contributed by atoms with Crippen molar-refractivity contribution in [1.29, 1.82) is 0 Å². The van der Waals surface area contributed by atoms with E-state index in [9.17, 15) is 9.59 Å². The van der Waals surface area contributed by atoms with E-state index < -0.39 is 18.8 Å². The van der Waals surface area contributed by atoms with Crippen LogP contribution in [0.5, 0.6) is 0 Å². The van der Waals surface area contributed by atoms with Crippen molar-refractivity contribution >= 4 is 11.9 Å². The topological polar surface area (TPSA) is 69.6 Å².